The Morgan fingerprint density at radius 1 is 1.21 bits per heavy atom. The van der Waals surface area contributed by atoms with E-state index >= 15 is 0 Å². The fraction of sp³-hybridized carbons (Fsp3) is 0.682. The monoisotopic (exact) mass is 401 g/mol. The Morgan fingerprint density at radius 2 is 1.97 bits per heavy atom. The number of nitro groups is 1. The molecule has 0 atom stereocenters. The Hall–Kier alpha value is -2.15. The smallest absolute Gasteiger partial charge is 0.269 e. The van der Waals surface area contributed by atoms with Gasteiger partial charge in [0.2, 0.25) is 0 Å². The van der Waals surface area contributed by atoms with Crippen LogP contribution in [-0.4, -0.2) is 48.0 Å². The standard InChI is InChI=1S/C22H35N5O2/c1-2-23-22(24-16-19-9-6-10-21(15-19)27(28)29)25-20-11-13-26(14-12-20)17-18-7-4-3-5-8-18/h6,9-10,15,18,20H,2-5,7-8,11-14,16-17H2,1H3,(H2,23,24,25). The minimum Gasteiger partial charge on any atom is -0.357 e. The Bertz CT molecular complexity index is 680. The lowest BCUT2D eigenvalue weighted by atomic mass is 9.88. The van der Waals surface area contributed by atoms with Gasteiger partial charge >= 0.3 is 0 Å². The van der Waals surface area contributed by atoms with Gasteiger partial charge in [0, 0.05) is 44.4 Å². The fourth-order valence-corrected chi connectivity index (χ4v) is 4.45. The number of nitrogens with one attached hydrogen (secondary N) is 2. The van der Waals surface area contributed by atoms with Gasteiger partial charge < -0.3 is 15.5 Å². The summed E-state index contributed by atoms with van der Waals surface area (Å²) >= 11 is 0. The summed E-state index contributed by atoms with van der Waals surface area (Å²) in [6.45, 7) is 6.85. The second-order valence-electron chi connectivity index (χ2n) is 8.35. The molecule has 1 saturated carbocycles. The molecule has 2 aliphatic rings. The van der Waals surface area contributed by atoms with Crippen LogP contribution in [0.25, 0.3) is 0 Å². The molecule has 0 aromatic heterocycles. The summed E-state index contributed by atoms with van der Waals surface area (Å²) in [5.74, 6) is 1.70. The molecule has 2 fully saturated rings. The summed E-state index contributed by atoms with van der Waals surface area (Å²) in [5.41, 5.74) is 0.958. The minimum atomic E-state index is -0.363. The van der Waals surface area contributed by atoms with Crippen molar-refractivity contribution in [3.8, 4) is 0 Å². The molecule has 1 aliphatic heterocycles. The summed E-state index contributed by atoms with van der Waals surface area (Å²) in [4.78, 5) is 17.9. The van der Waals surface area contributed by atoms with Crippen molar-refractivity contribution in [2.24, 2.45) is 10.9 Å². The molecule has 0 spiro atoms. The third-order valence-electron chi connectivity index (χ3n) is 6.05. The number of rotatable bonds is 7. The second kappa shape index (κ2) is 11.1. The first-order valence-corrected chi connectivity index (χ1v) is 11.1. The molecule has 1 saturated heterocycles. The SMILES string of the molecule is CCNC(=NCc1cccc([N+](=O)[O-])c1)NC1CCN(CC2CCCCC2)CC1. The van der Waals surface area contributed by atoms with Crippen LogP contribution >= 0.6 is 0 Å². The second-order valence-corrected chi connectivity index (χ2v) is 8.35. The largest absolute Gasteiger partial charge is 0.357 e. The molecule has 160 valence electrons. The molecule has 1 aliphatic carbocycles. The van der Waals surface area contributed by atoms with Gasteiger partial charge in [-0.3, -0.25) is 10.1 Å². The average molecular weight is 402 g/mol. The van der Waals surface area contributed by atoms with Gasteiger partial charge in [0.05, 0.1) is 11.5 Å². The van der Waals surface area contributed by atoms with E-state index in [1.165, 1.54) is 44.7 Å². The summed E-state index contributed by atoms with van der Waals surface area (Å²) < 4.78 is 0. The highest BCUT2D eigenvalue weighted by molar-refractivity contribution is 5.80. The lowest BCUT2D eigenvalue weighted by molar-refractivity contribution is -0.384. The van der Waals surface area contributed by atoms with Crippen molar-refractivity contribution in [3.05, 3.63) is 39.9 Å². The van der Waals surface area contributed by atoms with E-state index in [0.717, 1.165) is 49.9 Å². The summed E-state index contributed by atoms with van der Waals surface area (Å²) in [7, 11) is 0. The number of benzene rings is 1. The predicted octanol–water partition coefficient (Wildman–Crippen LogP) is 3.69. The number of hydrogen-bond acceptors (Lipinski definition) is 4. The van der Waals surface area contributed by atoms with Crippen LogP contribution in [0.15, 0.2) is 29.3 Å². The molecule has 1 aromatic rings. The Balaban J connectivity index is 1.48. The van der Waals surface area contributed by atoms with E-state index in [2.05, 4.69) is 27.4 Å². The van der Waals surface area contributed by atoms with Gasteiger partial charge in [-0.15, -0.1) is 0 Å². The first kappa shape index (κ1) is 21.6. The third kappa shape index (κ3) is 6.99. The number of nitro benzene ring substituents is 1. The van der Waals surface area contributed by atoms with Crippen LogP contribution in [0.5, 0.6) is 0 Å². The maximum atomic E-state index is 10.9. The molecule has 7 heteroatoms. The van der Waals surface area contributed by atoms with Crippen molar-refractivity contribution < 1.29 is 4.92 Å². The van der Waals surface area contributed by atoms with E-state index in [0.29, 0.717) is 12.6 Å². The first-order valence-electron chi connectivity index (χ1n) is 11.1. The van der Waals surface area contributed by atoms with Gasteiger partial charge in [0.15, 0.2) is 5.96 Å². The van der Waals surface area contributed by atoms with Gasteiger partial charge in [-0.25, -0.2) is 4.99 Å². The quantitative estimate of drug-likeness (QED) is 0.315. The van der Waals surface area contributed by atoms with Gasteiger partial charge in [0.1, 0.15) is 0 Å². The minimum absolute atomic E-state index is 0.112. The van der Waals surface area contributed by atoms with Crippen molar-refractivity contribution in [1.29, 1.82) is 0 Å². The highest BCUT2D eigenvalue weighted by Gasteiger charge is 2.23. The number of aliphatic imine (C=N–C) groups is 1. The van der Waals surface area contributed by atoms with Crippen molar-refractivity contribution in [3.63, 3.8) is 0 Å². The zero-order valence-corrected chi connectivity index (χ0v) is 17.6. The highest BCUT2D eigenvalue weighted by atomic mass is 16.6. The maximum absolute atomic E-state index is 10.9. The van der Waals surface area contributed by atoms with Gasteiger partial charge in [-0.2, -0.15) is 0 Å². The van der Waals surface area contributed by atoms with E-state index in [1.54, 1.807) is 12.1 Å². The number of piperidine rings is 1. The molecule has 0 radical (unpaired) electrons. The topological polar surface area (TPSA) is 82.8 Å². The van der Waals surface area contributed by atoms with Crippen LogP contribution in [0.1, 0.15) is 57.4 Å². The zero-order chi connectivity index (χ0) is 20.5. The van der Waals surface area contributed by atoms with Crippen LogP contribution in [0.4, 0.5) is 5.69 Å². The first-order chi connectivity index (χ1) is 14.1. The van der Waals surface area contributed by atoms with Crippen molar-refractivity contribution in [2.75, 3.05) is 26.2 Å². The summed E-state index contributed by atoms with van der Waals surface area (Å²) in [6, 6.07) is 7.13. The normalized spacial score (nSPS) is 19.8. The molecule has 0 unspecified atom stereocenters. The molecule has 7 nitrogen and oxygen atoms in total. The van der Waals surface area contributed by atoms with Crippen LogP contribution in [0, 0.1) is 16.0 Å². The molecule has 1 heterocycles. The van der Waals surface area contributed by atoms with Crippen molar-refractivity contribution >= 4 is 11.6 Å². The van der Waals surface area contributed by atoms with Gasteiger partial charge in [-0.1, -0.05) is 31.4 Å². The Kier molecular flexibility index (Phi) is 8.28. The van der Waals surface area contributed by atoms with E-state index in [9.17, 15) is 10.1 Å². The molecular weight excluding hydrogens is 366 g/mol. The van der Waals surface area contributed by atoms with Crippen molar-refractivity contribution in [1.82, 2.24) is 15.5 Å². The molecule has 0 amide bonds. The Labute approximate surface area is 174 Å². The number of hydrogen-bond donors (Lipinski definition) is 2. The fourth-order valence-electron chi connectivity index (χ4n) is 4.45. The van der Waals surface area contributed by atoms with E-state index in [-0.39, 0.29) is 10.6 Å². The van der Waals surface area contributed by atoms with Gasteiger partial charge in [-0.05, 0) is 44.1 Å². The molecule has 3 rings (SSSR count). The third-order valence-corrected chi connectivity index (χ3v) is 6.05. The molecule has 29 heavy (non-hydrogen) atoms. The molecular formula is C22H35N5O2. The van der Waals surface area contributed by atoms with E-state index < -0.39 is 0 Å². The maximum Gasteiger partial charge on any atom is 0.269 e. The van der Waals surface area contributed by atoms with Crippen LogP contribution in [0.2, 0.25) is 0 Å². The molecule has 2 N–H and O–H groups in total. The number of non-ortho nitro benzene ring substituents is 1. The molecule has 0 bridgehead atoms. The average Bonchev–Trinajstić information content (AvgIpc) is 2.74. The van der Waals surface area contributed by atoms with Gasteiger partial charge in [0.25, 0.3) is 5.69 Å². The Morgan fingerprint density at radius 3 is 2.66 bits per heavy atom. The van der Waals surface area contributed by atoms with Crippen LogP contribution in [-0.2, 0) is 6.54 Å². The van der Waals surface area contributed by atoms with Crippen molar-refractivity contribution in [2.45, 2.75) is 64.5 Å². The lowest BCUT2D eigenvalue weighted by Crippen LogP contribution is -2.49. The van der Waals surface area contributed by atoms with E-state index in [4.69, 9.17) is 0 Å². The summed E-state index contributed by atoms with van der Waals surface area (Å²) in [6.07, 6.45) is 9.33. The number of nitrogens with zero attached hydrogens (tertiary/aromatic N) is 3. The van der Waals surface area contributed by atoms with Crippen LogP contribution < -0.4 is 10.6 Å². The van der Waals surface area contributed by atoms with E-state index in [1.807, 2.05) is 6.07 Å². The highest BCUT2D eigenvalue weighted by Crippen LogP contribution is 2.25. The number of likely N-dealkylation sites (tertiary alicyclic amines) is 1. The molecule has 1 aromatic carbocycles. The number of guanidine groups is 1. The lowest BCUT2D eigenvalue weighted by Gasteiger charge is -2.36. The zero-order valence-electron chi connectivity index (χ0n) is 17.6. The predicted molar refractivity (Wildman–Crippen MR) is 117 cm³/mol. The van der Waals surface area contributed by atoms with Crippen LogP contribution in [0.3, 0.4) is 0 Å². The summed E-state index contributed by atoms with van der Waals surface area (Å²) in [5, 5.41) is 17.8.